The van der Waals surface area contributed by atoms with Crippen molar-refractivity contribution >= 4 is 72.2 Å². The Kier molecular flexibility index (Phi) is 5.72. The van der Waals surface area contributed by atoms with Gasteiger partial charge in [-0.1, -0.05) is 46.0 Å². The van der Waals surface area contributed by atoms with Crippen molar-refractivity contribution in [2.75, 3.05) is 16.3 Å². The van der Waals surface area contributed by atoms with Gasteiger partial charge in [0, 0.05) is 10.6 Å². The van der Waals surface area contributed by atoms with Crippen LogP contribution in [0.15, 0.2) is 32.9 Å². The molecule has 0 saturated carbocycles. The minimum atomic E-state index is -3.97. The van der Waals surface area contributed by atoms with Crippen LogP contribution in [0.4, 0.5) is 10.3 Å². The van der Waals surface area contributed by atoms with Gasteiger partial charge in [0.1, 0.15) is 0 Å². The molecule has 0 fully saturated rings. The van der Waals surface area contributed by atoms with E-state index < -0.39 is 15.9 Å². The Morgan fingerprint density at radius 3 is 2.42 bits per heavy atom. The quantitative estimate of drug-likeness (QED) is 0.435. The number of thioether (sulfide) groups is 1. The van der Waals surface area contributed by atoms with Gasteiger partial charge in [-0.15, -0.1) is 20.4 Å². The van der Waals surface area contributed by atoms with E-state index in [0.717, 1.165) is 22.7 Å². The largest absolute Gasteiger partial charge is 0.296 e. The molecule has 0 saturated heterocycles. The number of amides is 1. The Balaban J connectivity index is 1.72. The number of benzene rings is 1. The highest BCUT2D eigenvalue weighted by atomic mass is 35.5. The Morgan fingerprint density at radius 1 is 1.08 bits per heavy atom. The summed E-state index contributed by atoms with van der Waals surface area (Å²) in [4.78, 5) is 12.1. The topological polar surface area (TPSA) is 127 Å². The lowest BCUT2D eigenvalue weighted by Gasteiger charge is -2.01. The fourth-order valence-corrected chi connectivity index (χ4v) is 5.05. The molecule has 0 radical (unpaired) electrons. The molecule has 0 atom stereocenters. The van der Waals surface area contributed by atoms with Crippen LogP contribution in [0.3, 0.4) is 0 Å². The highest BCUT2D eigenvalue weighted by molar-refractivity contribution is 8.00. The smallest absolute Gasteiger partial charge is 0.293 e. The van der Waals surface area contributed by atoms with E-state index in [-0.39, 0.29) is 14.6 Å². The second-order valence-electron chi connectivity index (χ2n) is 4.52. The molecule has 3 rings (SSSR count). The number of hydrogen-bond acceptors (Lipinski definition) is 10. The number of nitrogens with one attached hydrogen (secondary N) is 2. The van der Waals surface area contributed by atoms with Gasteiger partial charge in [-0.2, -0.15) is 8.42 Å². The summed E-state index contributed by atoms with van der Waals surface area (Å²) in [6.45, 7) is 0. The fourth-order valence-electron chi connectivity index (χ4n) is 1.63. The first-order chi connectivity index (χ1) is 12.4. The summed E-state index contributed by atoms with van der Waals surface area (Å²) in [5.74, 6) is -0.455. The zero-order chi connectivity index (χ0) is 18.7. The number of aromatic nitrogens is 4. The predicted molar refractivity (Wildman–Crippen MR) is 102 cm³/mol. The van der Waals surface area contributed by atoms with Crippen LogP contribution in [0.5, 0.6) is 0 Å². The summed E-state index contributed by atoms with van der Waals surface area (Å²) < 4.78 is 27.2. The molecule has 2 N–H and O–H groups in total. The van der Waals surface area contributed by atoms with Crippen LogP contribution >= 0.6 is 46.0 Å². The van der Waals surface area contributed by atoms with Crippen LogP contribution in [0, 0.1) is 0 Å². The van der Waals surface area contributed by atoms with Gasteiger partial charge in [-0.3, -0.25) is 14.8 Å². The van der Waals surface area contributed by atoms with Gasteiger partial charge in [0.2, 0.25) is 10.3 Å². The van der Waals surface area contributed by atoms with Crippen LogP contribution in [-0.2, 0) is 10.0 Å². The first-order valence-electron chi connectivity index (χ1n) is 6.68. The van der Waals surface area contributed by atoms with Crippen molar-refractivity contribution in [3.8, 4) is 0 Å². The summed E-state index contributed by atoms with van der Waals surface area (Å²) in [7, 11) is -3.97. The second kappa shape index (κ2) is 7.84. The minimum absolute atomic E-state index is 0.0485. The van der Waals surface area contributed by atoms with Crippen molar-refractivity contribution in [2.24, 2.45) is 0 Å². The van der Waals surface area contributed by atoms with Crippen LogP contribution in [0.2, 0.25) is 5.02 Å². The van der Waals surface area contributed by atoms with Gasteiger partial charge in [0.05, 0.1) is 0 Å². The van der Waals surface area contributed by atoms with Crippen molar-refractivity contribution in [2.45, 2.75) is 8.68 Å². The zero-order valence-corrected chi connectivity index (χ0v) is 16.9. The maximum atomic E-state index is 12.3. The number of anilines is 2. The fraction of sp³-hybridized carbons (Fsp3) is 0.0833. The van der Waals surface area contributed by atoms with Crippen molar-refractivity contribution in [3.05, 3.63) is 34.9 Å². The molecule has 3 aromatic rings. The van der Waals surface area contributed by atoms with E-state index in [2.05, 4.69) is 30.4 Å². The maximum absolute atomic E-state index is 12.3. The molecule has 0 aliphatic rings. The Hall–Kier alpha value is -1.80. The molecule has 1 aromatic carbocycles. The highest BCUT2D eigenvalue weighted by Crippen LogP contribution is 2.27. The molecule has 136 valence electrons. The summed E-state index contributed by atoms with van der Waals surface area (Å²) in [5.41, 5.74) is 0.352. The Bertz CT molecular complexity index is 1030. The van der Waals surface area contributed by atoms with Crippen molar-refractivity contribution in [1.29, 1.82) is 0 Å². The minimum Gasteiger partial charge on any atom is -0.296 e. The van der Waals surface area contributed by atoms with Crippen LogP contribution in [0.25, 0.3) is 0 Å². The molecular formula is C12H9ClN6O3S4. The maximum Gasteiger partial charge on any atom is 0.293 e. The van der Waals surface area contributed by atoms with Gasteiger partial charge < -0.3 is 0 Å². The number of rotatable bonds is 6. The summed E-state index contributed by atoms with van der Waals surface area (Å²) in [6.07, 6.45) is 1.80. The number of sulfonamides is 1. The number of hydrogen-bond donors (Lipinski definition) is 2. The first-order valence-corrected chi connectivity index (χ1v) is 11.4. The molecule has 0 spiro atoms. The molecule has 1 amide bonds. The highest BCUT2D eigenvalue weighted by Gasteiger charge is 2.23. The Labute approximate surface area is 165 Å². The van der Waals surface area contributed by atoms with Gasteiger partial charge >= 0.3 is 0 Å². The van der Waals surface area contributed by atoms with Gasteiger partial charge in [-0.05, 0) is 30.5 Å². The third kappa shape index (κ3) is 4.48. The number of halogens is 1. The standard InChI is InChI=1S/C12H9ClN6O3S4/c1-23-11-17-16-10(24-11)19-26(21,22)12-18-15-9(25-12)14-8(20)6-2-4-7(13)5-3-6/h2-5H,1H3,(H,16,19)(H,14,15,20). The molecule has 2 aromatic heterocycles. The summed E-state index contributed by atoms with van der Waals surface area (Å²) >= 11 is 8.94. The molecular weight excluding hydrogens is 440 g/mol. The SMILES string of the molecule is CSc1nnc(NS(=O)(=O)c2nnc(NC(=O)c3ccc(Cl)cc3)s2)s1. The third-order valence-corrected chi connectivity index (χ3v) is 7.51. The molecule has 0 aliphatic carbocycles. The van der Waals surface area contributed by atoms with E-state index in [1.807, 2.05) is 0 Å². The molecule has 9 nitrogen and oxygen atoms in total. The molecule has 14 heteroatoms. The Morgan fingerprint density at radius 2 is 1.77 bits per heavy atom. The zero-order valence-electron chi connectivity index (χ0n) is 12.8. The lowest BCUT2D eigenvalue weighted by atomic mass is 10.2. The van der Waals surface area contributed by atoms with E-state index in [4.69, 9.17) is 11.6 Å². The average molecular weight is 449 g/mol. The second-order valence-corrected chi connectivity index (χ2v) is 9.82. The molecule has 2 heterocycles. The van der Waals surface area contributed by atoms with Crippen molar-refractivity contribution in [3.63, 3.8) is 0 Å². The van der Waals surface area contributed by atoms with Gasteiger partial charge in [0.15, 0.2) is 4.34 Å². The van der Waals surface area contributed by atoms with Crippen molar-refractivity contribution in [1.82, 2.24) is 20.4 Å². The van der Waals surface area contributed by atoms with Crippen molar-refractivity contribution < 1.29 is 13.2 Å². The van der Waals surface area contributed by atoms with Crippen LogP contribution in [0.1, 0.15) is 10.4 Å². The lowest BCUT2D eigenvalue weighted by Crippen LogP contribution is -2.12. The van der Waals surface area contributed by atoms with E-state index in [9.17, 15) is 13.2 Å². The monoisotopic (exact) mass is 448 g/mol. The molecule has 0 bridgehead atoms. The normalized spacial score (nSPS) is 11.3. The van der Waals surface area contributed by atoms with E-state index >= 15 is 0 Å². The third-order valence-electron chi connectivity index (χ3n) is 2.77. The van der Waals surface area contributed by atoms with E-state index in [1.165, 1.54) is 23.9 Å². The van der Waals surface area contributed by atoms with Crippen LogP contribution < -0.4 is 10.0 Å². The number of carbonyl (C=O) groups is 1. The number of carbonyl (C=O) groups excluding carboxylic acids is 1. The first kappa shape index (κ1) is 19.0. The van der Waals surface area contributed by atoms with Gasteiger partial charge in [-0.25, -0.2) is 0 Å². The lowest BCUT2D eigenvalue weighted by molar-refractivity contribution is 0.102. The summed E-state index contributed by atoms with van der Waals surface area (Å²) in [5, 5.41) is 18.0. The summed E-state index contributed by atoms with van der Waals surface area (Å²) in [6, 6.07) is 6.22. The molecule has 26 heavy (non-hydrogen) atoms. The van der Waals surface area contributed by atoms with Crippen LogP contribution in [-0.4, -0.2) is 41.0 Å². The average Bonchev–Trinajstić information content (AvgIpc) is 3.24. The van der Waals surface area contributed by atoms with E-state index in [1.54, 1.807) is 18.4 Å². The molecule has 0 unspecified atom stereocenters. The number of nitrogens with zero attached hydrogens (tertiary/aromatic N) is 4. The van der Waals surface area contributed by atoms with Gasteiger partial charge in [0.25, 0.3) is 20.3 Å². The molecule has 0 aliphatic heterocycles. The van der Waals surface area contributed by atoms with E-state index in [0.29, 0.717) is 14.9 Å². The predicted octanol–water partition coefficient (Wildman–Crippen LogP) is 2.82.